The maximum absolute atomic E-state index is 11.4. The van der Waals surface area contributed by atoms with E-state index < -0.39 is 11.7 Å². The van der Waals surface area contributed by atoms with Crippen molar-refractivity contribution in [3.05, 3.63) is 41.5 Å². The van der Waals surface area contributed by atoms with E-state index in [1.807, 2.05) is 45.1 Å². The maximum Gasteiger partial charge on any atom is 0.407 e. The number of ketones is 1. The van der Waals surface area contributed by atoms with Gasteiger partial charge in [0, 0.05) is 12.1 Å². The summed E-state index contributed by atoms with van der Waals surface area (Å²) >= 11 is 0. The van der Waals surface area contributed by atoms with E-state index in [-0.39, 0.29) is 5.78 Å². The van der Waals surface area contributed by atoms with Crippen molar-refractivity contribution in [2.75, 3.05) is 6.54 Å². The van der Waals surface area contributed by atoms with Gasteiger partial charge in [0.15, 0.2) is 5.78 Å². The summed E-state index contributed by atoms with van der Waals surface area (Å²) < 4.78 is 5.11. The Morgan fingerprint density at radius 3 is 2.30 bits per heavy atom. The Balaban J connectivity index is 2.42. The largest absolute Gasteiger partial charge is 0.444 e. The Bertz CT molecular complexity index is 495. The number of Topliss-reactive ketones (excluding diaryl/α,β-unsaturated/α-hetero) is 1. The number of hydrogen-bond donors (Lipinski definition) is 1. The Kier molecular flexibility index (Phi) is 5.50. The first-order chi connectivity index (χ1) is 9.28. The zero-order valence-electron chi connectivity index (χ0n) is 12.4. The lowest BCUT2D eigenvalue weighted by molar-refractivity contribution is 0.0534. The zero-order chi connectivity index (χ0) is 15.2. The number of ether oxygens (including phenoxy) is 1. The molecule has 0 fully saturated rings. The first kappa shape index (κ1) is 16.0. The normalized spacial score (nSPS) is 11.4. The molecule has 0 unspecified atom stereocenters. The van der Waals surface area contributed by atoms with Crippen molar-refractivity contribution in [2.24, 2.45) is 0 Å². The van der Waals surface area contributed by atoms with Crippen molar-refractivity contribution >= 4 is 18.0 Å². The molecule has 108 valence electrons. The van der Waals surface area contributed by atoms with Crippen LogP contribution in [0.2, 0.25) is 0 Å². The molecule has 1 aromatic carbocycles. The number of carbonyl (C=O) groups excluding carboxylic acids is 2. The summed E-state index contributed by atoms with van der Waals surface area (Å²) in [4.78, 5) is 22.5. The van der Waals surface area contributed by atoms with Crippen LogP contribution >= 0.6 is 0 Å². The molecular weight excluding hydrogens is 254 g/mol. The molecule has 0 aromatic heterocycles. The third-order valence-electron chi connectivity index (χ3n) is 2.39. The fourth-order valence-electron chi connectivity index (χ4n) is 1.48. The van der Waals surface area contributed by atoms with Gasteiger partial charge in [-0.05, 0) is 33.3 Å². The van der Waals surface area contributed by atoms with E-state index in [2.05, 4.69) is 5.32 Å². The molecule has 0 aliphatic carbocycles. The maximum atomic E-state index is 11.4. The molecule has 0 atom stereocenters. The van der Waals surface area contributed by atoms with Crippen molar-refractivity contribution in [2.45, 2.75) is 33.3 Å². The minimum atomic E-state index is -0.490. The molecular formula is C16H21NO3. The van der Waals surface area contributed by atoms with Crippen LogP contribution < -0.4 is 5.32 Å². The number of rotatable bonds is 4. The highest BCUT2D eigenvalue weighted by atomic mass is 16.6. The van der Waals surface area contributed by atoms with Gasteiger partial charge < -0.3 is 10.1 Å². The monoisotopic (exact) mass is 275 g/mol. The van der Waals surface area contributed by atoms with E-state index in [9.17, 15) is 9.59 Å². The lowest BCUT2D eigenvalue weighted by atomic mass is 10.1. The summed E-state index contributed by atoms with van der Waals surface area (Å²) in [6, 6.07) is 7.29. The van der Waals surface area contributed by atoms with E-state index in [1.165, 1.54) is 6.92 Å². The van der Waals surface area contributed by atoms with Crippen molar-refractivity contribution in [3.8, 4) is 0 Å². The molecule has 0 spiro atoms. The number of carbonyl (C=O) groups is 2. The Morgan fingerprint density at radius 1 is 1.20 bits per heavy atom. The van der Waals surface area contributed by atoms with Crippen molar-refractivity contribution in [1.82, 2.24) is 5.32 Å². The van der Waals surface area contributed by atoms with Crippen LogP contribution in [0.4, 0.5) is 4.79 Å². The minimum Gasteiger partial charge on any atom is -0.444 e. The molecule has 4 heteroatoms. The van der Waals surface area contributed by atoms with E-state index >= 15 is 0 Å². The van der Waals surface area contributed by atoms with Crippen LogP contribution in [0.25, 0.3) is 6.08 Å². The number of alkyl carbamates (subject to hydrolysis) is 1. The van der Waals surface area contributed by atoms with Crippen LogP contribution in [-0.2, 0) is 4.74 Å². The second kappa shape index (κ2) is 6.89. The summed E-state index contributed by atoms with van der Waals surface area (Å²) in [6.07, 6.45) is 3.27. The Labute approximate surface area is 119 Å². The lowest BCUT2D eigenvalue weighted by Crippen LogP contribution is -2.32. The fourth-order valence-corrected chi connectivity index (χ4v) is 1.48. The third kappa shape index (κ3) is 6.18. The summed E-state index contributed by atoms with van der Waals surface area (Å²) in [6.45, 7) is 7.38. The van der Waals surface area contributed by atoms with Gasteiger partial charge in [0.05, 0.1) is 0 Å². The predicted molar refractivity (Wildman–Crippen MR) is 79.7 cm³/mol. The van der Waals surface area contributed by atoms with Gasteiger partial charge in [0.2, 0.25) is 0 Å². The Hall–Kier alpha value is -2.10. The molecule has 0 saturated heterocycles. The molecule has 0 aliphatic heterocycles. The summed E-state index contributed by atoms with van der Waals surface area (Å²) in [7, 11) is 0. The standard InChI is InChI=1S/C16H21NO3/c1-12(18)14-9-7-13(8-10-14)6-5-11-17-15(19)20-16(2,3)4/h5-10H,11H2,1-4H3,(H,17,19). The number of hydrogen-bond acceptors (Lipinski definition) is 3. The highest BCUT2D eigenvalue weighted by molar-refractivity contribution is 5.94. The highest BCUT2D eigenvalue weighted by Gasteiger charge is 2.14. The quantitative estimate of drug-likeness (QED) is 0.856. The molecule has 4 nitrogen and oxygen atoms in total. The molecule has 0 bridgehead atoms. The molecule has 0 aliphatic rings. The number of benzene rings is 1. The van der Waals surface area contributed by atoms with Crippen LogP contribution in [-0.4, -0.2) is 24.0 Å². The van der Waals surface area contributed by atoms with Gasteiger partial charge in [-0.1, -0.05) is 36.4 Å². The second-order valence-corrected chi connectivity index (χ2v) is 5.46. The van der Waals surface area contributed by atoms with Gasteiger partial charge >= 0.3 is 6.09 Å². The first-order valence-electron chi connectivity index (χ1n) is 6.52. The van der Waals surface area contributed by atoms with Crippen LogP contribution in [0.1, 0.15) is 43.6 Å². The number of amides is 1. The second-order valence-electron chi connectivity index (χ2n) is 5.46. The molecule has 0 saturated carbocycles. The van der Waals surface area contributed by atoms with Crippen LogP contribution in [0.3, 0.4) is 0 Å². The lowest BCUT2D eigenvalue weighted by Gasteiger charge is -2.19. The van der Waals surface area contributed by atoms with Crippen LogP contribution in [0, 0.1) is 0 Å². The smallest absolute Gasteiger partial charge is 0.407 e. The van der Waals surface area contributed by atoms with Gasteiger partial charge in [0.1, 0.15) is 5.60 Å². The van der Waals surface area contributed by atoms with Gasteiger partial charge in [-0.3, -0.25) is 4.79 Å². The summed E-state index contributed by atoms with van der Waals surface area (Å²) in [5.74, 6) is 0.0483. The molecule has 0 radical (unpaired) electrons. The fraction of sp³-hybridized carbons (Fsp3) is 0.375. The molecule has 20 heavy (non-hydrogen) atoms. The zero-order valence-corrected chi connectivity index (χ0v) is 12.4. The van der Waals surface area contributed by atoms with E-state index in [1.54, 1.807) is 12.1 Å². The van der Waals surface area contributed by atoms with Crippen LogP contribution in [0.15, 0.2) is 30.3 Å². The average Bonchev–Trinajstić information content (AvgIpc) is 2.33. The van der Waals surface area contributed by atoms with Crippen molar-refractivity contribution < 1.29 is 14.3 Å². The molecule has 1 N–H and O–H groups in total. The van der Waals surface area contributed by atoms with Gasteiger partial charge in [-0.2, -0.15) is 0 Å². The van der Waals surface area contributed by atoms with E-state index in [0.717, 1.165) is 5.56 Å². The third-order valence-corrected chi connectivity index (χ3v) is 2.39. The highest BCUT2D eigenvalue weighted by Crippen LogP contribution is 2.07. The van der Waals surface area contributed by atoms with E-state index in [4.69, 9.17) is 4.74 Å². The van der Waals surface area contributed by atoms with Gasteiger partial charge in [0.25, 0.3) is 0 Å². The predicted octanol–water partition coefficient (Wildman–Crippen LogP) is 3.43. The molecule has 0 heterocycles. The van der Waals surface area contributed by atoms with Gasteiger partial charge in [-0.25, -0.2) is 4.79 Å². The molecule has 1 amide bonds. The SMILES string of the molecule is CC(=O)c1ccc(C=CCNC(=O)OC(C)(C)C)cc1. The van der Waals surface area contributed by atoms with Gasteiger partial charge in [-0.15, -0.1) is 0 Å². The molecule has 1 rings (SSSR count). The van der Waals surface area contributed by atoms with Crippen LogP contribution in [0.5, 0.6) is 0 Å². The topological polar surface area (TPSA) is 55.4 Å². The average molecular weight is 275 g/mol. The summed E-state index contributed by atoms with van der Waals surface area (Å²) in [5, 5.41) is 2.64. The van der Waals surface area contributed by atoms with Crippen molar-refractivity contribution in [1.29, 1.82) is 0 Å². The van der Waals surface area contributed by atoms with E-state index in [0.29, 0.717) is 12.1 Å². The number of nitrogens with one attached hydrogen (secondary N) is 1. The Morgan fingerprint density at radius 2 is 1.80 bits per heavy atom. The molecule has 1 aromatic rings. The summed E-state index contributed by atoms with van der Waals surface area (Å²) in [5.41, 5.74) is 1.17. The minimum absolute atomic E-state index is 0.0483. The van der Waals surface area contributed by atoms with Crippen molar-refractivity contribution in [3.63, 3.8) is 0 Å². The first-order valence-corrected chi connectivity index (χ1v) is 6.52.